The second-order valence-electron chi connectivity index (χ2n) is 5.69. The molecular formula is C15H30N2O2Si. The third kappa shape index (κ3) is 2.10. The Kier molecular flexibility index (Phi) is 5.41. The highest BCUT2D eigenvalue weighted by Gasteiger charge is 2.59. The van der Waals surface area contributed by atoms with E-state index >= 15 is 0 Å². The summed E-state index contributed by atoms with van der Waals surface area (Å²) in [5, 5.41) is 0. The van der Waals surface area contributed by atoms with E-state index in [1.165, 1.54) is 0 Å². The van der Waals surface area contributed by atoms with Gasteiger partial charge in [0.15, 0.2) is 8.24 Å². The lowest BCUT2D eigenvalue weighted by molar-refractivity contribution is -0.131. The lowest BCUT2D eigenvalue weighted by Crippen LogP contribution is -2.56. The molecule has 0 atom stereocenters. The SMILES string of the molecule is CCN1C(=O)N([Si](CC)(CC)CC)C(=O)C1(CC)CC. The van der Waals surface area contributed by atoms with Gasteiger partial charge in [0.25, 0.3) is 0 Å². The molecular weight excluding hydrogens is 268 g/mol. The van der Waals surface area contributed by atoms with Gasteiger partial charge in [-0.25, -0.2) is 4.79 Å². The summed E-state index contributed by atoms with van der Waals surface area (Å²) in [5.74, 6) is 0.0755. The van der Waals surface area contributed by atoms with E-state index < -0.39 is 13.8 Å². The molecule has 116 valence electrons. The first kappa shape index (κ1) is 17.2. The van der Waals surface area contributed by atoms with Crippen LogP contribution in [-0.4, -0.2) is 41.7 Å². The van der Waals surface area contributed by atoms with Gasteiger partial charge in [-0.2, -0.15) is 0 Å². The minimum absolute atomic E-state index is 0.0292. The van der Waals surface area contributed by atoms with Crippen molar-refractivity contribution in [3.63, 3.8) is 0 Å². The van der Waals surface area contributed by atoms with Gasteiger partial charge in [-0.05, 0) is 37.9 Å². The van der Waals surface area contributed by atoms with Gasteiger partial charge < -0.3 is 4.90 Å². The fourth-order valence-corrected chi connectivity index (χ4v) is 7.34. The van der Waals surface area contributed by atoms with E-state index in [0.29, 0.717) is 19.4 Å². The van der Waals surface area contributed by atoms with Gasteiger partial charge in [-0.3, -0.25) is 9.36 Å². The molecule has 20 heavy (non-hydrogen) atoms. The number of nitrogens with zero attached hydrogens (tertiary/aromatic N) is 2. The van der Waals surface area contributed by atoms with Crippen molar-refractivity contribution in [2.45, 2.75) is 78.1 Å². The molecule has 0 aromatic rings. The topological polar surface area (TPSA) is 40.6 Å². The molecule has 1 rings (SSSR count). The Bertz CT molecular complexity index is 368. The summed E-state index contributed by atoms with van der Waals surface area (Å²) in [4.78, 5) is 27.8. The van der Waals surface area contributed by atoms with Crippen molar-refractivity contribution in [1.82, 2.24) is 9.47 Å². The number of hydrogen-bond acceptors (Lipinski definition) is 2. The molecule has 0 unspecified atom stereocenters. The Morgan fingerprint density at radius 1 is 0.900 bits per heavy atom. The Labute approximate surface area is 124 Å². The molecule has 1 aliphatic heterocycles. The zero-order chi connectivity index (χ0) is 15.6. The molecule has 3 amide bonds. The standard InChI is InChI=1S/C15H30N2O2Si/c1-7-15(8-2)13(18)17(14(19)16(15)9-3)20(10-4,11-5)12-6/h7-12H2,1-6H3. The molecule has 1 fully saturated rings. The number of likely N-dealkylation sites (N-methyl/N-ethyl adjacent to an activating group) is 1. The Balaban J connectivity index is 3.37. The van der Waals surface area contributed by atoms with E-state index in [9.17, 15) is 9.59 Å². The lowest BCUT2D eigenvalue weighted by Gasteiger charge is -2.36. The van der Waals surface area contributed by atoms with Crippen molar-refractivity contribution in [3.8, 4) is 0 Å². The summed E-state index contributed by atoms with van der Waals surface area (Å²) < 4.78 is 1.73. The monoisotopic (exact) mass is 298 g/mol. The highest BCUT2D eigenvalue weighted by molar-refractivity contribution is 6.81. The first-order chi connectivity index (χ1) is 9.44. The molecule has 0 aromatic heterocycles. The van der Waals surface area contributed by atoms with E-state index in [4.69, 9.17) is 0 Å². The molecule has 0 bridgehead atoms. The zero-order valence-corrected chi connectivity index (χ0v) is 15.0. The molecule has 0 aliphatic carbocycles. The Morgan fingerprint density at radius 3 is 1.60 bits per heavy atom. The van der Waals surface area contributed by atoms with Gasteiger partial charge in [0.1, 0.15) is 5.54 Å². The molecule has 0 spiro atoms. The molecule has 5 heteroatoms. The van der Waals surface area contributed by atoms with E-state index in [2.05, 4.69) is 20.8 Å². The number of amides is 3. The van der Waals surface area contributed by atoms with E-state index in [1.54, 1.807) is 4.57 Å². The van der Waals surface area contributed by atoms with Gasteiger partial charge in [-0.15, -0.1) is 0 Å². The maximum atomic E-state index is 13.1. The maximum absolute atomic E-state index is 13.1. The van der Waals surface area contributed by atoms with Crippen LogP contribution in [0.15, 0.2) is 0 Å². The molecule has 4 nitrogen and oxygen atoms in total. The third-order valence-electron chi connectivity index (χ3n) is 5.47. The fraction of sp³-hybridized carbons (Fsp3) is 0.867. The summed E-state index contributed by atoms with van der Waals surface area (Å²) in [6, 6.07) is 2.84. The van der Waals surface area contributed by atoms with Crippen LogP contribution in [0.5, 0.6) is 0 Å². The largest absolute Gasteiger partial charge is 0.319 e. The smallest absolute Gasteiger partial charge is 0.311 e. The Morgan fingerprint density at radius 2 is 1.35 bits per heavy atom. The van der Waals surface area contributed by atoms with Crippen molar-refractivity contribution in [1.29, 1.82) is 0 Å². The number of carbonyl (C=O) groups excluding carboxylic acids is 2. The summed E-state index contributed by atoms with van der Waals surface area (Å²) in [7, 11) is -2.00. The van der Waals surface area contributed by atoms with E-state index in [-0.39, 0.29) is 11.9 Å². The quantitative estimate of drug-likeness (QED) is 0.529. The molecule has 1 aliphatic rings. The first-order valence-corrected chi connectivity index (χ1v) is 10.7. The van der Waals surface area contributed by atoms with E-state index in [0.717, 1.165) is 18.1 Å². The predicted molar refractivity (Wildman–Crippen MR) is 85.1 cm³/mol. The van der Waals surface area contributed by atoms with Crippen LogP contribution in [0.1, 0.15) is 54.4 Å². The van der Waals surface area contributed by atoms with Crippen LogP contribution in [-0.2, 0) is 4.79 Å². The zero-order valence-electron chi connectivity index (χ0n) is 14.0. The predicted octanol–water partition coefficient (Wildman–Crippen LogP) is 3.83. The van der Waals surface area contributed by atoms with Crippen LogP contribution >= 0.6 is 0 Å². The van der Waals surface area contributed by atoms with Gasteiger partial charge >= 0.3 is 6.03 Å². The van der Waals surface area contributed by atoms with Crippen molar-refractivity contribution in [2.24, 2.45) is 0 Å². The van der Waals surface area contributed by atoms with Crippen LogP contribution in [0.4, 0.5) is 4.79 Å². The van der Waals surface area contributed by atoms with Crippen molar-refractivity contribution < 1.29 is 9.59 Å². The van der Waals surface area contributed by atoms with Crippen LogP contribution < -0.4 is 0 Å². The van der Waals surface area contributed by atoms with Gasteiger partial charge in [0.05, 0.1) is 0 Å². The fourth-order valence-electron chi connectivity index (χ4n) is 3.73. The average Bonchev–Trinajstić information content (AvgIpc) is 2.70. The highest BCUT2D eigenvalue weighted by Crippen LogP contribution is 2.39. The maximum Gasteiger partial charge on any atom is 0.319 e. The summed E-state index contributed by atoms with van der Waals surface area (Å²) in [5.41, 5.74) is -0.594. The number of urea groups is 1. The lowest BCUT2D eigenvalue weighted by atomic mass is 9.91. The minimum Gasteiger partial charge on any atom is -0.311 e. The number of hydrogen-bond donors (Lipinski definition) is 0. The molecule has 0 N–H and O–H groups in total. The molecule has 0 radical (unpaired) electrons. The van der Waals surface area contributed by atoms with Gasteiger partial charge in [0, 0.05) is 6.54 Å². The summed E-state index contributed by atoms with van der Waals surface area (Å²) >= 11 is 0. The van der Waals surface area contributed by atoms with E-state index in [1.807, 2.05) is 25.7 Å². The Hall–Kier alpha value is -0.843. The third-order valence-corrected chi connectivity index (χ3v) is 10.8. The molecule has 0 aromatic carbocycles. The normalized spacial score (nSPS) is 19.1. The molecule has 0 saturated carbocycles. The van der Waals surface area contributed by atoms with Crippen molar-refractivity contribution in [3.05, 3.63) is 0 Å². The summed E-state index contributed by atoms with van der Waals surface area (Å²) in [6.45, 7) is 13.0. The second-order valence-corrected chi connectivity index (χ2v) is 10.7. The second kappa shape index (κ2) is 6.29. The van der Waals surface area contributed by atoms with Crippen LogP contribution in [0, 0.1) is 0 Å². The molecule has 1 heterocycles. The summed E-state index contributed by atoms with van der Waals surface area (Å²) in [6.07, 6.45) is 1.42. The number of rotatable bonds is 7. The minimum atomic E-state index is -2.00. The number of imide groups is 1. The highest BCUT2D eigenvalue weighted by atomic mass is 28.3. The molecule has 1 saturated heterocycles. The average molecular weight is 299 g/mol. The van der Waals surface area contributed by atoms with Crippen LogP contribution in [0.2, 0.25) is 18.1 Å². The van der Waals surface area contributed by atoms with Gasteiger partial charge in [0.2, 0.25) is 5.91 Å². The van der Waals surface area contributed by atoms with Crippen LogP contribution in [0.25, 0.3) is 0 Å². The van der Waals surface area contributed by atoms with Gasteiger partial charge in [-0.1, -0.05) is 34.6 Å². The first-order valence-electron chi connectivity index (χ1n) is 8.10. The van der Waals surface area contributed by atoms with Crippen molar-refractivity contribution >= 4 is 20.2 Å². The number of carbonyl (C=O) groups is 2. The van der Waals surface area contributed by atoms with Crippen LogP contribution in [0.3, 0.4) is 0 Å². The van der Waals surface area contributed by atoms with Crippen molar-refractivity contribution in [2.75, 3.05) is 6.54 Å².